The molecular weight excluding hydrogens is 912 g/mol. The minimum Gasteiger partial charge on any atom is -0.497 e. The summed E-state index contributed by atoms with van der Waals surface area (Å²) in [6, 6.07) is 22.7. The number of nitro groups is 1. The molecule has 4 aromatic rings. The van der Waals surface area contributed by atoms with Gasteiger partial charge in [-0.2, -0.15) is 13.8 Å². The van der Waals surface area contributed by atoms with E-state index in [4.69, 9.17) is 19.0 Å². The maximum absolute atomic E-state index is 12.6. The van der Waals surface area contributed by atoms with Crippen molar-refractivity contribution < 1.29 is 55.5 Å². The molecule has 0 spiro atoms. The summed E-state index contributed by atoms with van der Waals surface area (Å²) in [6.45, 7) is 45.1. The van der Waals surface area contributed by atoms with Crippen molar-refractivity contribution >= 4 is 11.6 Å². The predicted octanol–water partition coefficient (Wildman–Crippen LogP) is 17.3. The highest BCUT2D eigenvalue weighted by Crippen LogP contribution is 2.31. The van der Waals surface area contributed by atoms with Gasteiger partial charge in [-0.25, -0.2) is 13.2 Å². The van der Waals surface area contributed by atoms with E-state index in [0.717, 1.165) is 36.3 Å². The van der Waals surface area contributed by atoms with E-state index >= 15 is 0 Å². The average molecular weight is 999 g/mol. The number of carbonyl (C=O) groups is 1. The van der Waals surface area contributed by atoms with E-state index in [0.29, 0.717) is 12.2 Å². The van der Waals surface area contributed by atoms with Gasteiger partial charge in [0.25, 0.3) is 5.91 Å². The van der Waals surface area contributed by atoms with E-state index in [1.54, 1.807) is 19.2 Å². The number of ether oxygens (including phenoxy) is 4. The van der Waals surface area contributed by atoms with Gasteiger partial charge in [0, 0.05) is 18.2 Å². The second kappa shape index (κ2) is 39.1. The van der Waals surface area contributed by atoms with Crippen LogP contribution >= 0.6 is 0 Å². The molecule has 15 heteroatoms. The van der Waals surface area contributed by atoms with Crippen LogP contribution in [0.25, 0.3) is 0 Å². The molecule has 0 aliphatic carbocycles. The van der Waals surface area contributed by atoms with Crippen molar-refractivity contribution in [1.82, 2.24) is 5.06 Å². The van der Waals surface area contributed by atoms with Gasteiger partial charge in [-0.15, -0.1) is 0 Å². The summed E-state index contributed by atoms with van der Waals surface area (Å²) >= 11 is 0. The molecule has 400 valence electrons. The molecule has 0 atom stereocenters. The van der Waals surface area contributed by atoms with E-state index < -0.39 is 45.4 Å². The quantitative estimate of drug-likeness (QED) is 0.0618. The second-order valence-electron chi connectivity index (χ2n) is 16.0. The Hall–Kier alpha value is -5.70. The molecule has 10 nitrogen and oxygen atoms in total. The van der Waals surface area contributed by atoms with Gasteiger partial charge in [0.15, 0.2) is 11.5 Å². The average Bonchev–Trinajstić information content (AvgIpc) is 3.64. The highest BCUT2D eigenvalue weighted by molar-refractivity contribution is 5.79. The molecule has 0 N–H and O–H groups in total. The molecule has 70 heavy (non-hydrogen) atoms. The predicted molar refractivity (Wildman–Crippen MR) is 278 cm³/mol. The number of allylic oxidation sites excluding steroid dienone is 1. The van der Waals surface area contributed by atoms with Crippen molar-refractivity contribution in [3.63, 3.8) is 0 Å². The standard InChI is InChI=1S/C11H15NO3.C11H16O.C9H15NO2.C7H3F5O.C7H8O.5C2H6/c1-8-5-6-10(15-11(2,3)4)9(7-8)12(13)14;1-9-5-7-10(8-6-9)12-11(2,3)4;1-7-5-6-8(11)10(7)12-9(2,3)4;1-13-7-5(11)3(9)2(8)4(10)6(7)12;1-8-7-5-3-2-4-6-7;5*1-2/h5-7H,1-4H3;5-8H,1-4H3;1,5-6H2,2-4H3;1H3;2-6H,1H3;5*1-2H3. The van der Waals surface area contributed by atoms with Crippen LogP contribution in [0.3, 0.4) is 0 Å². The minimum atomic E-state index is -2.20. The Bertz CT molecular complexity index is 1970. The lowest BCUT2D eigenvalue weighted by atomic mass is 10.1. The molecule has 0 unspecified atom stereocenters. The summed E-state index contributed by atoms with van der Waals surface area (Å²) in [5.41, 5.74) is 2.03. The first-order valence-corrected chi connectivity index (χ1v) is 23.6. The zero-order valence-electron chi connectivity index (χ0n) is 46.6. The Labute approximate surface area is 418 Å². The van der Waals surface area contributed by atoms with Gasteiger partial charge >= 0.3 is 5.69 Å². The van der Waals surface area contributed by atoms with Gasteiger partial charge in [-0.3, -0.25) is 19.7 Å². The number of halogens is 5. The van der Waals surface area contributed by atoms with Crippen LogP contribution in [-0.2, 0) is 9.63 Å². The molecular formula is C55H87F5N2O8. The second-order valence-corrected chi connectivity index (χ2v) is 16.0. The van der Waals surface area contributed by atoms with Crippen LogP contribution in [0.5, 0.6) is 23.0 Å². The Balaban J connectivity index is -0.000000242. The lowest BCUT2D eigenvalue weighted by molar-refractivity contribution is -0.386. The number of para-hydroxylation sites is 1. The van der Waals surface area contributed by atoms with Gasteiger partial charge < -0.3 is 18.9 Å². The SMILES string of the molecule is C=C1CCC(=O)N1OC(C)(C)C.CC.CC.CC.CC.CC.COc1c(F)c(F)c(F)c(F)c1F.COc1ccccc1.Cc1ccc(OC(C)(C)C)c([N+](=O)[O-])c1.Cc1ccc(OC(C)(C)C)cc1. The molecule has 0 saturated carbocycles. The number of aryl methyl sites for hydroxylation is 2. The molecule has 1 fully saturated rings. The molecule has 1 amide bonds. The van der Waals surface area contributed by atoms with Crippen LogP contribution < -0.4 is 18.9 Å². The normalized spacial score (nSPS) is 10.9. The van der Waals surface area contributed by atoms with E-state index in [2.05, 4.69) is 30.4 Å². The number of rotatable bonds is 6. The van der Waals surface area contributed by atoms with Gasteiger partial charge in [-0.05, 0) is 118 Å². The molecule has 1 aliphatic rings. The van der Waals surface area contributed by atoms with Crippen molar-refractivity contribution in [1.29, 1.82) is 0 Å². The Morgan fingerprint density at radius 2 is 0.971 bits per heavy atom. The lowest BCUT2D eigenvalue weighted by Crippen LogP contribution is -2.33. The number of hydrogen-bond acceptors (Lipinski definition) is 8. The summed E-state index contributed by atoms with van der Waals surface area (Å²) in [4.78, 5) is 27.0. The molecule has 5 rings (SSSR count). The van der Waals surface area contributed by atoms with Crippen LogP contribution in [0, 0.1) is 53.0 Å². The molecule has 0 aromatic heterocycles. The highest BCUT2D eigenvalue weighted by atomic mass is 19.2. The topological polar surface area (TPSA) is 110 Å². The molecule has 1 heterocycles. The van der Waals surface area contributed by atoms with Crippen molar-refractivity contribution in [2.45, 2.75) is 175 Å². The Morgan fingerprint density at radius 3 is 1.30 bits per heavy atom. The third-order valence-electron chi connectivity index (χ3n) is 7.03. The third kappa shape index (κ3) is 32.2. The summed E-state index contributed by atoms with van der Waals surface area (Å²) in [5, 5.41) is 12.1. The van der Waals surface area contributed by atoms with Crippen molar-refractivity contribution in [3.05, 3.63) is 135 Å². The van der Waals surface area contributed by atoms with Gasteiger partial charge in [0.05, 0.1) is 24.7 Å². The van der Waals surface area contributed by atoms with E-state index in [9.17, 15) is 36.9 Å². The fraction of sp³-hybridized carbons (Fsp3) is 0.509. The summed E-state index contributed by atoms with van der Waals surface area (Å²) in [6.07, 6.45) is 1.24. The van der Waals surface area contributed by atoms with Crippen molar-refractivity contribution in [2.75, 3.05) is 14.2 Å². The number of benzene rings is 4. The maximum Gasteiger partial charge on any atom is 0.311 e. The largest absolute Gasteiger partial charge is 0.497 e. The first-order chi connectivity index (χ1) is 32.6. The fourth-order valence-corrected chi connectivity index (χ4v) is 4.49. The number of amides is 1. The monoisotopic (exact) mass is 999 g/mol. The molecule has 1 aliphatic heterocycles. The first kappa shape index (κ1) is 73.3. The number of hydrogen-bond donors (Lipinski definition) is 0. The van der Waals surface area contributed by atoms with E-state index in [-0.39, 0.29) is 22.8 Å². The number of hydroxylamine groups is 2. The van der Waals surface area contributed by atoms with Crippen molar-refractivity contribution in [3.8, 4) is 23.0 Å². The molecule has 0 bridgehead atoms. The first-order valence-electron chi connectivity index (χ1n) is 23.6. The zero-order valence-corrected chi connectivity index (χ0v) is 46.6. The van der Waals surface area contributed by atoms with Crippen LogP contribution in [0.2, 0.25) is 0 Å². The summed E-state index contributed by atoms with van der Waals surface area (Å²) in [5.74, 6) is -9.29. The van der Waals surface area contributed by atoms with E-state index in [1.165, 1.54) is 16.7 Å². The number of nitrogens with zero attached hydrogens (tertiary/aromatic N) is 2. The van der Waals surface area contributed by atoms with Gasteiger partial charge in [0.2, 0.25) is 29.1 Å². The third-order valence-corrected chi connectivity index (χ3v) is 7.03. The van der Waals surface area contributed by atoms with Crippen molar-refractivity contribution in [2.24, 2.45) is 0 Å². The van der Waals surface area contributed by atoms with Crippen LogP contribution in [0.4, 0.5) is 27.6 Å². The van der Waals surface area contributed by atoms with Crippen LogP contribution in [0.1, 0.15) is 156 Å². The number of nitro benzene ring substituents is 1. The number of methoxy groups -OCH3 is 2. The maximum atomic E-state index is 12.6. The zero-order chi connectivity index (χ0) is 56.2. The summed E-state index contributed by atoms with van der Waals surface area (Å²) < 4.78 is 82.2. The van der Waals surface area contributed by atoms with Gasteiger partial charge in [-0.1, -0.05) is 118 Å². The van der Waals surface area contributed by atoms with E-state index in [1.807, 2.05) is 181 Å². The minimum absolute atomic E-state index is 0.00919. The molecule has 0 radical (unpaired) electrons. The summed E-state index contributed by atoms with van der Waals surface area (Å²) in [7, 11) is 2.47. The van der Waals surface area contributed by atoms with Crippen LogP contribution in [0.15, 0.2) is 85.1 Å². The lowest BCUT2D eigenvalue weighted by Gasteiger charge is -2.26. The molecule has 4 aromatic carbocycles. The fourth-order valence-electron chi connectivity index (χ4n) is 4.49. The number of carbonyl (C=O) groups excluding carboxylic acids is 1. The smallest absolute Gasteiger partial charge is 0.311 e. The van der Waals surface area contributed by atoms with Gasteiger partial charge in [0.1, 0.15) is 22.7 Å². The molecule has 1 saturated heterocycles. The Kier molecular flexibility index (Phi) is 40.9. The van der Waals surface area contributed by atoms with Crippen LogP contribution in [-0.4, -0.2) is 46.9 Å². The highest BCUT2D eigenvalue weighted by Gasteiger charge is 2.29. The Morgan fingerprint density at radius 1 is 0.557 bits per heavy atom.